The van der Waals surface area contributed by atoms with Gasteiger partial charge in [0.15, 0.2) is 0 Å². The number of aromatic amines is 1. The maximum absolute atomic E-state index is 12.3. The lowest BCUT2D eigenvalue weighted by molar-refractivity contribution is -0.117. The molecule has 0 saturated carbocycles. The molecule has 0 atom stereocenters. The number of nitriles is 1. The molecule has 0 aliphatic carbocycles. The second-order valence-corrected chi connectivity index (χ2v) is 6.34. The van der Waals surface area contributed by atoms with Gasteiger partial charge in [-0.1, -0.05) is 35.9 Å². The van der Waals surface area contributed by atoms with Gasteiger partial charge in [0.1, 0.15) is 17.4 Å². The third kappa shape index (κ3) is 4.30. The number of ether oxygens (including phenoxy) is 1. The summed E-state index contributed by atoms with van der Waals surface area (Å²) in [5, 5.41) is 13.7. The number of carbonyl (C=O) groups excluding carboxylic acids is 1. The summed E-state index contributed by atoms with van der Waals surface area (Å²) in [6, 6.07) is 15.0. The van der Waals surface area contributed by atoms with Crippen LogP contribution in [0.5, 0.6) is 5.75 Å². The van der Waals surface area contributed by atoms with Crippen molar-refractivity contribution in [2.24, 2.45) is 0 Å². The zero-order valence-corrected chi connectivity index (χ0v) is 15.5. The second kappa shape index (κ2) is 8.43. The van der Waals surface area contributed by atoms with Crippen LogP contribution in [0.15, 0.2) is 54.2 Å². The smallest absolute Gasteiger partial charge is 0.261 e. The number of hydrogen-bond donors (Lipinski definition) is 2. The van der Waals surface area contributed by atoms with Crippen LogP contribution in [0, 0.1) is 11.3 Å². The highest BCUT2D eigenvalue weighted by molar-refractivity contribution is 6.32. The number of nitrogens with one attached hydrogen (secondary N) is 2. The molecule has 0 spiro atoms. The summed E-state index contributed by atoms with van der Waals surface area (Å²) in [5.41, 5.74) is 2.86. The molecule has 0 saturated heterocycles. The molecular formula is C21H18ClN3O2. The van der Waals surface area contributed by atoms with E-state index in [4.69, 9.17) is 16.3 Å². The number of H-pyrrole nitrogens is 1. The topological polar surface area (TPSA) is 77.9 Å². The summed E-state index contributed by atoms with van der Waals surface area (Å²) >= 11 is 6.08. The highest BCUT2D eigenvalue weighted by Crippen LogP contribution is 2.26. The quantitative estimate of drug-likeness (QED) is 0.500. The molecule has 1 heterocycles. The molecule has 1 aromatic heterocycles. The zero-order valence-electron chi connectivity index (χ0n) is 14.8. The molecule has 5 nitrogen and oxygen atoms in total. The largest absolute Gasteiger partial charge is 0.495 e. The lowest BCUT2D eigenvalue weighted by Gasteiger charge is -2.05. The average molecular weight is 380 g/mol. The molecule has 0 radical (unpaired) electrons. The highest BCUT2D eigenvalue weighted by atomic mass is 35.5. The van der Waals surface area contributed by atoms with Crippen LogP contribution in [0.25, 0.3) is 17.0 Å². The Bertz CT molecular complexity index is 1050. The molecule has 136 valence electrons. The number of carbonyl (C=O) groups is 1. The molecule has 0 unspecified atom stereocenters. The molecule has 2 aromatic carbocycles. The third-order valence-corrected chi connectivity index (χ3v) is 4.50. The zero-order chi connectivity index (χ0) is 19.2. The van der Waals surface area contributed by atoms with E-state index in [0.717, 1.165) is 16.5 Å². The van der Waals surface area contributed by atoms with Crippen LogP contribution in [-0.2, 0) is 11.2 Å². The number of hydrogen-bond acceptors (Lipinski definition) is 3. The number of halogens is 1. The van der Waals surface area contributed by atoms with Gasteiger partial charge in [0.2, 0.25) is 0 Å². The third-order valence-electron chi connectivity index (χ3n) is 4.21. The van der Waals surface area contributed by atoms with Gasteiger partial charge in [-0.05, 0) is 41.8 Å². The molecule has 0 aliphatic heterocycles. The van der Waals surface area contributed by atoms with Crippen molar-refractivity contribution in [2.75, 3.05) is 13.7 Å². The molecule has 0 fully saturated rings. The monoisotopic (exact) mass is 379 g/mol. The minimum atomic E-state index is -0.413. The van der Waals surface area contributed by atoms with Gasteiger partial charge in [-0.15, -0.1) is 0 Å². The van der Waals surface area contributed by atoms with Crippen LogP contribution >= 0.6 is 11.6 Å². The summed E-state index contributed by atoms with van der Waals surface area (Å²) in [7, 11) is 1.53. The maximum Gasteiger partial charge on any atom is 0.261 e. The predicted octanol–water partition coefficient (Wildman–Crippen LogP) is 4.10. The molecule has 3 rings (SSSR count). The van der Waals surface area contributed by atoms with Crippen LogP contribution in [0.2, 0.25) is 5.02 Å². The molecule has 0 aliphatic rings. The summed E-state index contributed by atoms with van der Waals surface area (Å²) in [6.45, 7) is 0.434. The van der Waals surface area contributed by atoms with Crippen molar-refractivity contribution in [3.05, 3.63) is 70.4 Å². The van der Waals surface area contributed by atoms with E-state index in [1.165, 1.54) is 13.2 Å². The van der Waals surface area contributed by atoms with Crippen LogP contribution in [0.3, 0.4) is 0 Å². The lowest BCUT2D eigenvalue weighted by Crippen LogP contribution is -2.26. The predicted molar refractivity (Wildman–Crippen MR) is 107 cm³/mol. The van der Waals surface area contributed by atoms with Gasteiger partial charge in [0.05, 0.1) is 12.1 Å². The normalized spacial score (nSPS) is 11.2. The van der Waals surface area contributed by atoms with E-state index in [1.807, 2.05) is 36.5 Å². The number of amides is 1. The van der Waals surface area contributed by atoms with Crippen LogP contribution < -0.4 is 10.1 Å². The van der Waals surface area contributed by atoms with Gasteiger partial charge in [0, 0.05) is 23.6 Å². The minimum absolute atomic E-state index is 0.0233. The Labute approximate surface area is 162 Å². The first-order valence-electron chi connectivity index (χ1n) is 8.41. The summed E-state index contributed by atoms with van der Waals surface area (Å²) in [5.74, 6) is 0.125. The first-order valence-corrected chi connectivity index (χ1v) is 8.78. The Balaban J connectivity index is 1.65. The van der Waals surface area contributed by atoms with Gasteiger partial charge in [-0.2, -0.15) is 5.26 Å². The van der Waals surface area contributed by atoms with E-state index in [9.17, 15) is 10.1 Å². The highest BCUT2D eigenvalue weighted by Gasteiger charge is 2.10. The molecule has 3 aromatic rings. The lowest BCUT2D eigenvalue weighted by atomic mass is 10.1. The Kier molecular flexibility index (Phi) is 5.80. The summed E-state index contributed by atoms with van der Waals surface area (Å²) in [6.07, 6.45) is 4.12. The number of fused-ring (bicyclic) bond motifs is 1. The fourth-order valence-electron chi connectivity index (χ4n) is 2.83. The van der Waals surface area contributed by atoms with Crippen molar-refractivity contribution in [3.63, 3.8) is 0 Å². The second-order valence-electron chi connectivity index (χ2n) is 5.93. The van der Waals surface area contributed by atoms with Gasteiger partial charge in [-0.25, -0.2) is 0 Å². The van der Waals surface area contributed by atoms with Gasteiger partial charge in [0.25, 0.3) is 5.91 Å². The standard InChI is InChI=1S/C21H18ClN3O2/c1-27-20-7-6-14(11-18(20)22)10-16(12-23)21(26)24-9-8-15-13-25-19-5-3-2-4-17(15)19/h2-7,10-11,13,25H,8-9H2,1H3,(H,24,26)/b16-10-. The Morgan fingerprint density at radius 3 is 2.89 bits per heavy atom. The molecular weight excluding hydrogens is 362 g/mol. The van der Waals surface area contributed by atoms with E-state index in [0.29, 0.717) is 29.3 Å². The van der Waals surface area contributed by atoms with Crippen molar-refractivity contribution in [2.45, 2.75) is 6.42 Å². The fourth-order valence-corrected chi connectivity index (χ4v) is 3.10. The Morgan fingerprint density at radius 1 is 1.33 bits per heavy atom. The van der Waals surface area contributed by atoms with E-state index in [2.05, 4.69) is 10.3 Å². The summed E-state index contributed by atoms with van der Waals surface area (Å²) in [4.78, 5) is 15.5. The van der Waals surface area contributed by atoms with Crippen LogP contribution in [0.4, 0.5) is 0 Å². The molecule has 6 heteroatoms. The van der Waals surface area contributed by atoms with Gasteiger partial charge < -0.3 is 15.0 Å². The molecule has 27 heavy (non-hydrogen) atoms. The fraction of sp³-hybridized carbons (Fsp3) is 0.143. The first-order chi connectivity index (χ1) is 13.1. The van der Waals surface area contributed by atoms with Crippen molar-refractivity contribution < 1.29 is 9.53 Å². The van der Waals surface area contributed by atoms with E-state index < -0.39 is 5.91 Å². The SMILES string of the molecule is COc1ccc(/C=C(/C#N)C(=O)NCCc2c[nH]c3ccccc23)cc1Cl. The summed E-state index contributed by atoms with van der Waals surface area (Å²) < 4.78 is 5.10. The first kappa shape index (κ1) is 18.6. The van der Waals surface area contributed by atoms with Gasteiger partial charge in [-0.3, -0.25) is 4.79 Å². The van der Waals surface area contributed by atoms with Crippen molar-refractivity contribution in [1.82, 2.24) is 10.3 Å². The number of rotatable bonds is 6. The van der Waals surface area contributed by atoms with Gasteiger partial charge >= 0.3 is 0 Å². The number of aromatic nitrogens is 1. The van der Waals surface area contributed by atoms with Crippen molar-refractivity contribution in [3.8, 4) is 11.8 Å². The van der Waals surface area contributed by atoms with Crippen LogP contribution in [0.1, 0.15) is 11.1 Å². The van der Waals surface area contributed by atoms with Crippen LogP contribution in [-0.4, -0.2) is 24.5 Å². The maximum atomic E-state index is 12.3. The number of nitrogens with zero attached hydrogens (tertiary/aromatic N) is 1. The van der Waals surface area contributed by atoms with E-state index in [-0.39, 0.29) is 5.57 Å². The number of methoxy groups -OCH3 is 1. The average Bonchev–Trinajstić information content (AvgIpc) is 3.09. The molecule has 1 amide bonds. The van der Waals surface area contributed by atoms with E-state index >= 15 is 0 Å². The Morgan fingerprint density at radius 2 is 2.15 bits per heavy atom. The van der Waals surface area contributed by atoms with Crippen molar-refractivity contribution in [1.29, 1.82) is 5.26 Å². The molecule has 2 N–H and O–H groups in total. The number of para-hydroxylation sites is 1. The number of benzene rings is 2. The van der Waals surface area contributed by atoms with Crippen molar-refractivity contribution >= 4 is 34.5 Å². The molecule has 0 bridgehead atoms. The Hall–Kier alpha value is -3.23. The van der Waals surface area contributed by atoms with E-state index in [1.54, 1.807) is 18.2 Å². The minimum Gasteiger partial charge on any atom is -0.495 e.